The Morgan fingerprint density at radius 2 is 1.95 bits per heavy atom. The van der Waals surface area contributed by atoms with Crippen molar-refractivity contribution >= 4 is 0 Å². The van der Waals surface area contributed by atoms with E-state index in [9.17, 15) is 13.2 Å². The normalized spacial score (nSPS) is 12.0. The molecule has 22 heavy (non-hydrogen) atoms. The lowest BCUT2D eigenvalue weighted by molar-refractivity contribution is -0.127. The van der Waals surface area contributed by atoms with Crippen LogP contribution in [0.25, 0.3) is 0 Å². The van der Waals surface area contributed by atoms with Crippen molar-refractivity contribution in [3.05, 3.63) is 53.6 Å². The molecular formula is C15H18F3N3O. The fourth-order valence-corrected chi connectivity index (χ4v) is 2.28. The number of rotatable bonds is 7. The molecule has 2 aromatic rings. The van der Waals surface area contributed by atoms with Gasteiger partial charge in [0.05, 0.1) is 19.6 Å². The molecule has 1 heterocycles. The first-order valence-electron chi connectivity index (χ1n) is 6.92. The van der Waals surface area contributed by atoms with Gasteiger partial charge in [0.25, 0.3) is 0 Å². The molecular weight excluding hydrogens is 295 g/mol. The lowest BCUT2D eigenvalue weighted by Crippen LogP contribution is -2.26. The van der Waals surface area contributed by atoms with Gasteiger partial charge in [-0.2, -0.15) is 13.2 Å². The van der Waals surface area contributed by atoms with Gasteiger partial charge in [0.15, 0.2) is 0 Å². The van der Waals surface area contributed by atoms with E-state index in [0.717, 1.165) is 11.4 Å². The molecule has 0 unspecified atom stereocenters. The van der Waals surface area contributed by atoms with Gasteiger partial charge < -0.3 is 10.1 Å². The Morgan fingerprint density at radius 3 is 2.59 bits per heavy atom. The zero-order valence-electron chi connectivity index (χ0n) is 12.0. The Balaban J connectivity index is 2.04. The lowest BCUT2D eigenvalue weighted by Gasteiger charge is -2.20. The van der Waals surface area contributed by atoms with E-state index in [0.29, 0.717) is 19.6 Å². The predicted octanol–water partition coefficient (Wildman–Crippen LogP) is 2.51. The Hall–Kier alpha value is -1.86. The second-order valence-corrected chi connectivity index (χ2v) is 5.08. The van der Waals surface area contributed by atoms with E-state index < -0.39 is 12.6 Å². The van der Waals surface area contributed by atoms with Crippen molar-refractivity contribution in [3.8, 4) is 0 Å². The van der Waals surface area contributed by atoms with Gasteiger partial charge in [-0.15, -0.1) is 0 Å². The molecule has 120 valence electrons. The van der Waals surface area contributed by atoms with E-state index in [-0.39, 0.29) is 12.2 Å². The molecule has 0 atom stereocenters. The summed E-state index contributed by atoms with van der Waals surface area (Å²) in [7, 11) is 0. The van der Waals surface area contributed by atoms with E-state index in [4.69, 9.17) is 5.11 Å². The number of hydrogen-bond donors (Lipinski definition) is 2. The van der Waals surface area contributed by atoms with Crippen molar-refractivity contribution in [2.75, 3.05) is 13.2 Å². The van der Waals surface area contributed by atoms with E-state index in [1.807, 2.05) is 4.90 Å². The largest absolute Gasteiger partial charge is 0.395 e. The standard InChI is InChI=1S/C15H18F3N3O/c16-15(17,18)9-12-2-1-3-13(8-12)10-21(6-7-22)11-14-19-4-5-20-14/h1-5,8,22H,6-7,9-11H2,(H,19,20). The third-order valence-electron chi connectivity index (χ3n) is 3.15. The maximum absolute atomic E-state index is 12.5. The van der Waals surface area contributed by atoms with Crippen LogP contribution in [0.2, 0.25) is 0 Å². The number of hydrogen-bond acceptors (Lipinski definition) is 3. The monoisotopic (exact) mass is 313 g/mol. The van der Waals surface area contributed by atoms with E-state index in [1.54, 1.807) is 30.6 Å². The molecule has 0 bridgehead atoms. The minimum atomic E-state index is -4.21. The Kier molecular flexibility index (Phi) is 5.57. The molecule has 0 aliphatic rings. The second-order valence-electron chi connectivity index (χ2n) is 5.08. The number of H-pyrrole nitrogens is 1. The third-order valence-corrected chi connectivity index (χ3v) is 3.15. The molecule has 4 nitrogen and oxygen atoms in total. The van der Waals surface area contributed by atoms with Gasteiger partial charge >= 0.3 is 6.18 Å². The van der Waals surface area contributed by atoms with E-state index >= 15 is 0 Å². The van der Waals surface area contributed by atoms with Crippen molar-refractivity contribution in [1.29, 1.82) is 0 Å². The van der Waals surface area contributed by atoms with Crippen LogP contribution >= 0.6 is 0 Å². The fraction of sp³-hybridized carbons (Fsp3) is 0.400. The number of aromatic amines is 1. The average Bonchev–Trinajstić information content (AvgIpc) is 2.90. The number of aliphatic hydroxyl groups is 1. The second kappa shape index (κ2) is 7.42. The molecule has 0 amide bonds. The van der Waals surface area contributed by atoms with Crippen molar-refractivity contribution in [3.63, 3.8) is 0 Å². The molecule has 1 aromatic carbocycles. The SMILES string of the molecule is OCCN(Cc1cccc(CC(F)(F)F)c1)Cc1ncc[nH]1. The van der Waals surface area contributed by atoms with Gasteiger partial charge in [-0.1, -0.05) is 24.3 Å². The maximum Gasteiger partial charge on any atom is 0.393 e. The molecule has 1 aromatic heterocycles. The van der Waals surface area contributed by atoms with Crippen LogP contribution in [0.1, 0.15) is 17.0 Å². The zero-order chi connectivity index (χ0) is 16.0. The number of nitrogens with zero attached hydrogens (tertiary/aromatic N) is 2. The highest BCUT2D eigenvalue weighted by Crippen LogP contribution is 2.22. The summed E-state index contributed by atoms with van der Waals surface area (Å²) in [6.45, 7) is 1.34. The summed E-state index contributed by atoms with van der Waals surface area (Å²) >= 11 is 0. The number of aromatic nitrogens is 2. The maximum atomic E-state index is 12.5. The summed E-state index contributed by atoms with van der Waals surface area (Å²) in [6.07, 6.45) is -1.80. The molecule has 0 fully saturated rings. The summed E-state index contributed by atoms with van der Waals surface area (Å²) in [6, 6.07) is 6.44. The minimum Gasteiger partial charge on any atom is -0.395 e. The molecule has 0 aliphatic heterocycles. The molecule has 2 rings (SSSR count). The summed E-state index contributed by atoms with van der Waals surface area (Å²) in [5.74, 6) is 0.750. The predicted molar refractivity (Wildman–Crippen MR) is 76.0 cm³/mol. The van der Waals surface area contributed by atoms with Gasteiger partial charge in [-0.3, -0.25) is 4.90 Å². The van der Waals surface area contributed by atoms with Gasteiger partial charge in [0.1, 0.15) is 5.82 Å². The van der Waals surface area contributed by atoms with Crippen molar-refractivity contribution in [1.82, 2.24) is 14.9 Å². The highest BCUT2D eigenvalue weighted by Gasteiger charge is 2.27. The first-order chi connectivity index (χ1) is 10.5. The lowest BCUT2D eigenvalue weighted by atomic mass is 10.1. The summed E-state index contributed by atoms with van der Waals surface area (Å²) < 4.78 is 37.4. The Labute approximate surface area is 126 Å². The Morgan fingerprint density at radius 1 is 1.18 bits per heavy atom. The average molecular weight is 313 g/mol. The van der Waals surface area contributed by atoms with Gasteiger partial charge in [0.2, 0.25) is 0 Å². The van der Waals surface area contributed by atoms with E-state index in [2.05, 4.69) is 9.97 Å². The summed E-state index contributed by atoms with van der Waals surface area (Å²) in [5, 5.41) is 9.13. The van der Waals surface area contributed by atoms with Crippen LogP contribution in [0.15, 0.2) is 36.7 Å². The van der Waals surface area contributed by atoms with Crippen LogP contribution in [-0.2, 0) is 19.5 Å². The van der Waals surface area contributed by atoms with E-state index in [1.165, 1.54) is 6.07 Å². The van der Waals surface area contributed by atoms with Gasteiger partial charge in [-0.25, -0.2) is 4.98 Å². The number of benzene rings is 1. The minimum absolute atomic E-state index is 0.0249. The smallest absolute Gasteiger partial charge is 0.393 e. The molecule has 0 saturated heterocycles. The third kappa shape index (κ3) is 5.50. The molecule has 0 spiro atoms. The van der Waals surface area contributed by atoms with Gasteiger partial charge in [-0.05, 0) is 11.1 Å². The van der Waals surface area contributed by atoms with Crippen LogP contribution < -0.4 is 0 Å². The number of alkyl halides is 3. The molecule has 2 N–H and O–H groups in total. The number of imidazole rings is 1. The molecule has 7 heteroatoms. The van der Waals surface area contributed by atoms with Crippen molar-refractivity contribution in [2.45, 2.75) is 25.7 Å². The summed E-state index contributed by atoms with van der Waals surface area (Å²) in [5.41, 5.74) is 1.02. The number of halogens is 3. The van der Waals surface area contributed by atoms with Crippen LogP contribution in [0, 0.1) is 0 Å². The number of nitrogens with one attached hydrogen (secondary N) is 1. The van der Waals surface area contributed by atoms with Crippen LogP contribution in [0.5, 0.6) is 0 Å². The number of aliphatic hydroxyl groups excluding tert-OH is 1. The van der Waals surface area contributed by atoms with Crippen molar-refractivity contribution < 1.29 is 18.3 Å². The first-order valence-corrected chi connectivity index (χ1v) is 6.92. The first kappa shape index (κ1) is 16.5. The van der Waals surface area contributed by atoms with Gasteiger partial charge in [0, 0.05) is 25.5 Å². The molecule has 0 saturated carbocycles. The topological polar surface area (TPSA) is 52.1 Å². The molecule has 0 radical (unpaired) electrons. The highest BCUT2D eigenvalue weighted by molar-refractivity contribution is 5.24. The molecule has 0 aliphatic carbocycles. The van der Waals surface area contributed by atoms with Crippen LogP contribution in [0.3, 0.4) is 0 Å². The van der Waals surface area contributed by atoms with Crippen molar-refractivity contribution in [2.24, 2.45) is 0 Å². The Bertz CT molecular complexity index is 570. The van der Waals surface area contributed by atoms with Crippen LogP contribution in [-0.4, -0.2) is 39.3 Å². The quantitative estimate of drug-likeness (QED) is 0.826. The fourth-order valence-electron chi connectivity index (χ4n) is 2.28. The van der Waals surface area contributed by atoms with Crippen LogP contribution in [0.4, 0.5) is 13.2 Å². The zero-order valence-corrected chi connectivity index (χ0v) is 12.0. The summed E-state index contributed by atoms with van der Waals surface area (Å²) in [4.78, 5) is 9.01. The highest BCUT2D eigenvalue weighted by atomic mass is 19.4.